The van der Waals surface area contributed by atoms with Crippen molar-refractivity contribution in [3.8, 4) is 0 Å². The minimum atomic E-state index is 0.586. The van der Waals surface area contributed by atoms with E-state index in [-0.39, 0.29) is 0 Å². The van der Waals surface area contributed by atoms with Gasteiger partial charge in [-0.1, -0.05) is 26.7 Å². The van der Waals surface area contributed by atoms with Gasteiger partial charge in [0.05, 0.1) is 12.6 Å². The molecule has 2 aliphatic rings. The van der Waals surface area contributed by atoms with Crippen LogP contribution in [0.2, 0.25) is 0 Å². The number of aliphatic imine (C=N–C) groups is 1. The van der Waals surface area contributed by atoms with Crippen LogP contribution in [0.1, 0.15) is 39.5 Å². The predicted octanol–water partition coefficient (Wildman–Crippen LogP) is 1.52. The van der Waals surface area contributed by atoms with Gasteiger partial charge in [-0.3, -0.25) is 4.99 Å². The molecular formula is C14H28N4. The molecule has 2 N–H and O–H groups in total. The fraction of sp³-hybridized carbons (Fsp3) is 0.929. The van der Waals surface area contributed by atoms with Crippen molar-refractivity contribution in [1.82, 2.24) is 9.80 Å². The van der Waals surface area contributed by atoms with Gasteiger partial charge in [-0.15, -0.1) is 0 Å². The molecule has 1 aliphatic heterocycles. The number of likely N-dealkylation sites (N-methyl/N-ethyl adjacent to an activating group) is 1. The number of hydrogen-bond acceptors (Lipinski definition) is 4. The highest BCUT2D eigenvalue weighted by Crippen LogP contribution is 2.32. The number of nitrogens with zero attached hydrogens (tertiary/aromatic N) is 3. The van der Waals surface area contributed by atoms with Crippen molar-refractivity contribution in [2.24, 2.45) is 16.6 Å². The van der Waals surface area contributed by atoms with E-state index in [0.717, 1.165) is 44.6 Å². The molecule has 2 rings (SSSR count). The van der Waals surface area contributed by atoms with E-state index in [4.69, 9.17) is 5.73 Å². The fourth-order valence-corrected chi connectivity index (χ4v) is 3.36. The van der Waals surface area contributed by atoms with Crippen LogP contribution in [-0.4, -0.2) is 54.5 Å². The van der Waals surface area contributed by atoms with E-state index in [2.05, 4.69) is 28.6 Å². The second-order valence-electron chi connectivity index (χ2n) is 5.53. The predicted molar refractivity (Wildman–Crippen MR) is 76.7 cm³/mol. The first-order chi connectivity index (χ1) is 8.76. The minimum Gasteiger partial charge on any atom is -0.370 e. The molecule has 1 saturated carbocycles. The maximum absolute atomic E-state index is 6.06. The van der Waals surface area contributed by atoms with Crippen LogP contribution in [0.5, 0.6) is 0 Å². The number of rotatable bonds is 6. The van der Waals surface area contributed by atoms with Crippen molar-refractivity contribution in [3.05, 3.63) is 0 Å². The van der Waals surface area contributed by atoms with Crippen LogP contribution in [0, 0.1) is 5.92 Å². The Kier molecular flexibility index (Phi) is 4.87. The van der Waals surface area contributed by atoms with Gasteiger partial charge in [0.15, 0.2) is 5.96 Å². The van der Waals surface area contributed by atoms with Crippen molar-refractivity contribution in [2.45, 2.75) is 45.6 Å². The molecule has 1 unspecified atom stereocenters. The molecule has 1 atom stereocenters. The Morgan fingerprint density at radius 2 is 1.94 bits per heavy atom. The van der Waals surface area contributed by atoms with Gasteiger partial charge >= 0.3 is 0 Å². The molecule has 1 heterocycles. The van der Waals surface area contributed by atoms with E-state index in [0.29, 0.717) is 6.04 Å². The molecule has 0 aromatic carbocycles. The molecule has 0 amide bonds. The molecule has 0 saturated heterocycles. The molecule has 18 heavy (non-hydrogen) atoms. The molecule has 1 aliphatic carbocycles. The van der Waals surface area contributed by atoms with E-state index in [1.165, 1.54) is 25.7 Å². The minimum absolute atomic E-state index is 0.586. The lowest BCUT2D eigenvalue weighted by molar-refractivity contribution is 0.211. The smallest absolute Gasteiger partial charge is 0.191 e. The molecule has 1 fully saturated rings. The third-order valence-corrected chi connectivity index (χ3v) is 4.63. The number of guanidine groups is 1. The summed E-state index contributed by atoms with van der Waals surface area (Å²) in [6.07, 6.45) is 5.53. The first-order valence-corrected chi connectivity index (χ1v) is 7.55. The van der Waals surface area contributed by atoms with Gasteiger partial charge in [0.25, 0.3) is 0 Å². The first kappa shape index (κ1) is 13.7. The number of hydrogen-bond donors (Lipinski definition) is 1. The van der Waals surface area contributed by atoms with E-state index < -0.39 is 0 Å². The van der Waals surface area contributed by atoms with Crippen LogP contribution < -0.4 is 5.73 Å². The standard InChI is InChI=1S/C14H28N4/c1-3-17(4-2)9-10-18-13(11-16-14(18)15)12-7-5-6-8-12/h12-13H,3-11H2,1-2H3,(H2,15,16). The third kappa shape index (κ3) is 2.97. The highest BCUT2D eigenvalue weighted by Gasteiger charge is 2.34. The Balaban J connectivity index is 1.88. The van der Waals surface area contributed by atoms with E-state index in [1.54, 1.807) is 0 Å². The quantitative estimate of drug-likeness (QED) is 0.779. The molecule has 0 spiro atoms. The Hall–Kier alpha value is -0.770. The molecule has 4 heteroatoms. The van der Waals surface area contributed by atoms with Crippen LogP contribution in [0.3, 0.4) is 0 Å². The van der Waals surface area contributed by atoms with Crippen LogP contribution >= 0.6 is 0 Å². The van der Waals surface area contributed by atoms with Crippen LogP contribution in [0.15, 0.2) is 4.99 Å². The van der Waals surface area contributed by atoms with Crippen LogP contribution in [0.4, 0.5) is 0 Å². The Labute approximate surface area is 111 Å². The van der Waals surface area contributed by atoms with Crippen molar-refractivity contribution in [3.63, 3.8) is 0 Å². The average Bonchev–Trinajstić information content (AvgIpc) is 3.00. The summed E-state index contributed by atoms with van der Waals surface area (Å²) >= 11 is 0. The summed E-state index contributed by atoms with van der Waals surface area (Å²) in [5.74, 6) is 1.60. The highest BCUT2D eigenvalue weighted by atomic mass is 15.3. The van der Waals surface area contributed by atoms with Gasteiger partial charge in [-0.05, 0) is 31.8 Å². The van der Waals surface area contributed by atoms with Crippen molar-refractivity contribution in [1.29, 1.82) is 0 Å². The maximum Gasteiger partial charge on any atom is 0.191 e. The summed E-state index contributed by atoms with van der Waals surface area (Å²) in [4.78, 5) is 9.30. The molecule has 0 aromatic heterocycles. The third-order valence-electron chi connectivity index (χ3n) is 4.63. The van der Waals surface area contributed by atoms with E-state index >= 15 is 0 Å². The lowest BCUT2D eigenvalue weighted by Gasteiger charge is -2.32. The number of nitrogens with two attached hydrogens (primary N) is 1. The van der Waals surface area contributed by atoms with Gasteiger partial charge in [0, 0.05) is 13.1 Å². The maximum atomic E-state index is 6.06. The second kappa shape index (κ2) is 6.41. The summed E-state index contributed by atoms with van der Waals surface area (Å²) in [7, 11) is 0. The zero-order chi connectivity index (χ0) is 13.0. The van der Waals surface area contributed by atoms with Gasteiger partial charge in [-0.2, -0.15) is 0 Å². The fourth-order valence-electron chi connectivity index (χ4n) is 3.36. The summed E-state index contributed by atoms with van der Waals surface area (Å²) in [5.41, 5.74) is 6.06. The molecule has 0 aromatic rings. The van der Waals surface area contributed by atoms with Crippen molar-refractivity contribution in [2.75, 3.05) is 32.7 Å². The topological polar surface area (TPSA) is 44.9 Å². The van der Waals surface area contributed by atoms with Crippen molar-refractivity contribution >= 4 is 5.96 Å². The Morgan fingerprint density at radius 3 is 2.56 bits per heavy atom. The highest BCUT2D eigenvalue weighted by molar-refractivity contribution is 5.80. The molecular weight excluding hydrogens is 224 g/mol. The SMILES string of the molecule is CCN(CC)CCN1C(N)=NCC1C1CCCC1. The van der Waals surface area contributed by atoms with Gasteiger partial charge in [0.2, 0.25) is 0 Å². The molecule has 0 radical (unpaired) electrons. The lowest BCUT2D eigenvalue weighted by atomic mass is 9.97. The normalized spacial score (nSPS) is 25.2. The summed E-state index contributed by atoms with van der Waals surface area (Å²) in [5, 5.41) is 0. The molecule has 104 valence electrons. The van der Waals surface area contributed by atoms with Gasteiger partial charge < -0.3 is 15.5 Å². The van der Waals surface area contributed by atoms with Crippen LogP contribution in [0.25, 0.3) is 0 Å². The molecule has 0 bridgehead atoms. The summed E-state index contributed by atoms with van der Waals surface area (Å²) in [6.45, 7) is 9.75. The second-order valence-corrected chi connectivity index (χ2v) is 5.53. The van der Waals surface area contributed by atoms with Gasteiger partial charge in [0.1, 0.15) is 0 Å². The van der Waals surface area contributed by atoms with Crippen LogP contribution in [-0.2, 0) is 0 Å². The van der Waals surface area contributed by atoms with Gasteiger partial charge in [-0.25, -0.2) is 0 Å². The van der Waals surface area contributed by atoms with Crippen molar-refractivity contribution < 1.29 is 0 Å². The average molecular weight is 252 g/mol. The lowest BCUT2D eigenvalue weighted by Crippen LogP contribution is -2.47. The summed E-state index contributed by atoms with van der Waals surface area (Å²) < 4.78 is 0. The Morgan fingerprint density at radius 1 is 1.28 bits per heavy atom. The zero-order valence-corrected chi connectivity index (χ0v) is 11.9. The summed E-state index contributed by atoms with van der Waals surface area (Å²) in [6, 6.07) is 0.586. The first-order valence-electron chi connectivity index (χ1n) is 7.55. The van der Waals surface area contributed by atoms with E-state index in [9.17, 15) is 0 Å². The Bertz CT molecular complexity index is 280. The monoisotopic (exact) mass is 252 g/mol. The molecule has 4 nitrogen and oxygen atoms in total. The van der Waals surface area contributed by atoms with E-state index in [1.807, 2.05) is 0 Å². The zero-order valence-electron chi connectivity index (χ0n) is 11.9. The largest absolute Gasteiger partial charge is 0.370 e.